The van der Waals surface area contributed by atoms with Crippen LogP contribution in [-0.4, -0.2) is 29.4 Å². The molecule has 0 saturated carbocycles. The Morgan fingerprint density at radius 3 is 2.65 bits per heavy atom. The molecule has 26 heavy (non-hydrogen) atoms. The van der Waals surface area contributed by atoms with Crippen molar-refractivity contribution in [2.24, 2.45) is 0 Å². The van der Waals surface area contributed by atoms with Crippen molar-refractivity contribution in [3.63, 3.8) is 0 Å². The predicted molar refractivity (Wildman–Crippen MR) is 103 cm³/mol. The molecule has 2 rings (SSSR count). The smallest absolute Gasteiger partial charge is 0.260 e. The first-order chi connectivity index (χ1) is 12.5. The molecule has 2 N–H and O–H groups in total. The minimum atomic E-state index is -0.702. The topological polar surface area (TPSA) is 80.3 Å². The van der Waals surface area contributed by atoms with Gasteiger partial charge in [-0.3, -0.25) is 14.6 Å². The Bertz CT molecular complexity index is 759. The Hall–Kier alpha value is -2.12. The second-order valence-corrected chi connectivity index (χ2v) is 6.80. The number of ether oxygens (including phenoxy) is 1. The van der Waals surface area contributed by atoms with Crippen LogP contribution < -0.4 is 15.4 Å². The van der Waals surface area contributed by atoms with Gasteiger partial charge in [0.05, 0.1) is 4.47 Å². The molecule has 0 radical (unpaired) electrons. The second-order valence-electron chi connectivity index (χ2n) is 5.51. The van der Waals surface area contributed by atoms with Crippen LogP contribution in [0.5, 0.6) is 5.75 Å². The van der Waals surface area contributed by atoms with E-state index in [4.69, 9.17) is 16.3 Å². The lowest BCUT2D eigenvalue weighted by atomic mass is 10.2. The van der Waals surface area contributed by atoms with Gasteiger partial charge in [0.15, 0.2) is 6.10 Å². The van der Waals surface area contributed by atoms with Crippen molar-refractivity contribution in [1.82, 2.24) is 15.6 Å². The Kier molecular flexibility index (Phi) is 7.87. The summed E-state index contributed by atoms with van der Waals surface area (Å²) in [6.45, 7) is 2.30. The van der Waals surface area contributed by atoms with Gasteiger partial charge in [0, 0.05) is 36.9 Å². The predicted octanol–water partition coefficient (Wildman–Crippen LogP) is 3.09. The van der Waals surface area contributed by atoms with Gasteiger partial charge in [-0.25, -0.2) is 0 Å². The number of amides is 2. The number of carbonyl (C=O) groups excluding carboxylic acids is 2. The number of halogens is 2. The number of rotatable bonds is 8. The molecule has 1 heterocycles. The van der Waals surface area contributed by atoms with Crippen LogP contribution in [0.4, 0.5) is 0 Å². The minimum absolute atomic E-state index is 0.142. The van der Waals surface area contributed by atoms with Gasteiger partial charge in [0.25, 0.3) is 5.91 Å². The van der Waals surface area contributed by atoms with E-state index in [1.54, 1.807) is 37.5 Å². The Balaban J connectivity index is 1.69. The van der Waals surface area contributed by atoms with E-state index in [1.807, 2.05) is 12.1 Å². The molecular weight excluding hydrogens is 422 g/mol. The van der Waals surface area contributed by atoms with Crippen LogP contribution in [0, 0.1) is 0 Å². The monoisotopic (exact) mass is 439 g/mol. The van der Waals surface area contributed by atoms with Crippen LogP contribution in [-0.2, 0) is 16.1 Å². The highest BCUT2D eigenvalue weighted by Gasteiger charge is 2.16. The normalized spacial score (nSPS) is 11.5. The summed E-state index contributed by atoms with van der Waals surface area (Å²) >= 11 is 9.21. The van der Waals surface area contributed by atoms with Crippen LogP contribution in [0.2, 0.25) is 5.02 Å². The third kappa shape index (κ3) is 6.65. The zero-order valence-corrected chi connectivity index (χ0v) is 16.5. The molecule has 6 nitrogen and oxygen atoms in total. The molecule has 2 amide bonds. The standard InChI is InChI=1S/C18H19BrClN3O3/c1-12(26-16-3-2-14(20)10-15(16)19)18(25)22-9-6-17(24)23-11-13-4-7-21-8-5-13/h2-5,7-8,10,12H,6,9,11H2,1H3,(H,22,25)(H,23,24). The maximum atomic E-state index is 12.1. The number of aromatic nitrogens is 1. The molecule has 0 aliphatic rings. The molecule has 0 spiro atoms. The van der Waals surface area contributed by atoms with Gasteiger partial charge in [0.2, 0.25) is 5.91 Å². The van der Waals surface area contributed by atoms with E-state index < -0.39 is 6.10 Å². The first-order valence-corrected chi connectivity index (χ1v) is 9.18. The van der Waals surface area contributed by atoms with Gasteiger partial charge in [-0.1, -0.05) is 11.6 Å². The molecule has 0 bridgehead atoms. The number of hydrogen-bond acceptors (Lipinski definition) is 4. The first-order valence-electron chi connectivity index (χ1n) is 8.00. The van der Waals surface area contributed by atoms with Crippen LogP contribution in [0.25, 0.3) is 0 Å². The molecule has 0 saturated heterocycles. The maximum Gasteiger partial charge on any atom is 0.260 e. The number of benzene rings is 1. The van der Waals surface area contributed by atoms with E-state index in [9.17, 15) is 9.59 Å². The average molecular weight is 441 g/mol. The van der Waals surface area contributed by atoms with E-state index in [0.29, 0.717) is 21.8 Å². The van der Waals surface area contributed by atoms with Gasteiger partial charge in [0.1, 0.15) is 5.75 Å². The summed E-state index contributed by atoms with van der Waals surface area (Å²) in [5.74, 6) is 0.0806. The minimum Gasteiger partial charge on any atom is -0.480 e. The highest BCUT2D eigenvalue weighted by Crippen LogP contribution is 2.28. The number of hydrogen-bond donors (Lipinski definition) is 2. The molecular formula is C18H19BrClN3O3. The molecule has 1 atom stereocenters. The third-order valence-corrected chi connectivity index (χ3v) is 4.31. The fourth-order valence-electron chi connectivity index (χ4n) is 2.05. The quantitative estimate of drug-likeness (QED) is 0.661. The van der Waals surface area contributed by atoms with E-state index in [1.165, 1.54) is 0 Å². The molecule has 0 fully saturated rings. The zero-order valence-electron chi connectivity index (χ0n) is 14.2. The Morgan fingerprint density at radius 2 is 1.96 bits per heavy atom. The van der Waals surface area contributed by atoms with E-state index in [0.717, 1.165) is 5.56 Å². The van der Waals surface area contributed by atoms with Gasteiger partial charge in [-0.15, -0.1) is 0 Å². The SMILES string of the molecule is CC(Oc1ccc(Cl)cc1Br)C(=O)NCCC(=O)NCc1ccncc1. The number of pyridine rings is 1. The maximum absolute atomic E-state index is 12.1. The summed E-state index contributed by atoms with van der Waals surface area (Å²) < 4.78 is 6.27. The van der Waals surface area contributed by atoms with Gasteiger partial charge < -0.3 is 15.4 Å². The van der Waals surface area contributed by atoms with Crippen LogP contribution in [0.3, 0.4) is 0 Å². The summed E-state index contributed by atoms with van der Waals surface area (Å²) in [7, 11) is 0. The summed E-state index contributed by atoms with van der Waals surface area (Å²) in [5, 5.41) is 6.04. The highest BCUT2D eigenvalue weighted by molar-refractivity contribution is 9.10. The van der Waals surface area contributed by atoms with Gasteiger partial charge >= 0.3 is 0 Å². The fourth-order valence-corrected chi connectivity index (χ4v) is 2.82. The Labute approximate surface area is 165 Å². The largest absolute Gasteiger partial charge is 0.480 e. The molecule has 1 aromatic heterocycles. The van der Waals surface area contributed by atoms with Crippen molar-refractivity contribution >= 4 is 39.3 Å². The molecule has 1 unspecified atom stereocenters. The van der Waals surface area contributed by atoms with Crippen LogP contribution in [0.15, 0.2) is 47.2 Å². The van der Waals surface area contributed by atoms with E-state index >= 15 is 0 Å². The molecule has 2 aromatic rings. The number of nitrogens with one attached hydrogen (secondary N) is 2. The van der Waals surface area contributed by atoms with Crippen molar-refractivity contribution in [3.05, 3.63) is 57.8 Å². The number of carbonyl (C=O) groups is 2. The van der Waals surface area contributed by atoms with Crippen molar-refractivity contribution in [1.29, 1.82) is 0 Å². The molecule has 138 valence electrons. The Morgan fingerprint density at radius 1 is 1.23 bits per heavy atom. The number of nitrogens with zero attached hydrogens (tertiary/aromatic N) is 1. The molecule has 0 aliphatic carbocycles. The van der Waals surface area contributed by atoms with Crippen molar-refractivity contribution in [3.8, 4) is 5.75 Å². The van der Waals surface area contributed by atoms with Crippen LogP contribution >= 0.6 is 27.5 Å². The van der Waals surface area contributed by atoms with Gasteiger partial charge in [-0.2, -0.15) is 0 Å². The molecule has 1 aromatic carbocycles. The fraction of sp³-hybridized carbons (Fsp3) is 0.278. The zero-order chi connectivity index (χ0) is 18.9. The summed E-state index contributed by atoms with van der Waals surface area (Å²) in [5.41, 5.74) is 0.966. The van der Waals surface area contributed by atoms with Crippen molar-refractivity contribution < 1.29 is 14.3 Å². The van der Waals surface area contributed by atoms with E-state index in [-0.39, 0.29) is 24.8 Å². The lowest BCUT2D eigenvalue weighted by molar-refractivity contribution is -0.127. The summed E-state index contributed by atoms with van der Waals surface area (Å²) in [6, 6.07) is 8.71. The van der Waals surface area contributed by atoms with Crippen molar-refractivity contribution in [2.75, 3.05) is 6.54 Å². The van der Waals surface area contributed by atoms with Crippen LogP contribution in [0.1, 0.15) is 18.9 Å². The summed E-state index contributed by atoms with van der Waals surface area (Å²) in [4.78, 5) is 27.8. The third-order valence-electron chi connectivity index (χ3n) is 3.46. The molecule has 0 aliphatic heterocycles. The lowest BCUT2D eigenvalue weighted by Crippen LogP contribution is -2.38. The first kappa shape index (κ1) is 20.2. The highest BCUT2D eigenvalue weighted by atomic mass is 79.9. The summed E-state index contributed by atoms with van der Waals surface area (Å²) in [6.07, 6.45) is 2.82. The average Bonchev–Trinajstić information content (AvgIpc) is 2.63. The second kappa shape index (κ2) is 10.1. The van der Waals surface area contributed by atoms with Gasteiger partial charge in [-0.05, 0) is 58.7 Å². The molecule has 8 heteroatoms. The van der Waals surface area contributed by atoms with E-state index in [2.05, 4.69) is 31.5 Å². The lowest BCUT2D eigenvalue weighted by Gasteiger charge is -2.16. The van der Waals surface area contributed by atoms with Crippen molar-refractivity contribution in [2.45, 2.75) is 26.0 Å².